The molecule has 3 aromatic rings. The maximum Gasteiger partial charge on any atom is 0.344 e. The topological polar surface area (TPSA) is 59.7 Å². The molecular formula is C25H30O4. The Balaban J connectivity index is 1.87. The maximum absolute atomic E-state index is 12.5. The van der Waals surface area contributed by atoms with Crippen LogP contribution in [-0.4, -0.2) is 16.8 Å². The first-order valence-electron chi connectivity index (χ1n) is 10.1. The van der Waals surface area contributed by atoms with Gasteiger partial charge in [-0.2, -0.15) is 0 Å². The minimum Gasteiger partial charge on any atom is -0.488 e. The summed E-state index contributed by atoms with van der Waals surface area (Å²) in [4.78, 5) is 12.5. The first-order valence-corrected chi connectivity index (χ1v) is 10.1. The van der Waals surface area contributed by atoms with E-state index in [9.17, 15) is 9.90 Å². The van der Waals surface area contributed by atoms with Crippen LogP contribution in [0, 0.1) is 5.41 Å². The highest BCUT2D eigenvalue weighted by Crippen LogP contribution is 2.36. The fourth-order valence-electron chi connectivity index (χ4n) is 4.10. The Bertz CT molecular complexity index is 1030. The quantitative estimate of drug-likeness (QED) is 0.514. The second-order valence-corrected chi connectivity index (χ2v) is 8.96. The summed E-state index contributed by atoms with van der Waals surface area (Å²) in [5.41, 5.74) is 0.746. The molecule has 4 heteroatoms. The molecular weight excluding hydrogens is 364 g/mol. The summed E-state index contributed by atoms with van der Waals surface area (Å²) in [6.07, 6.45) is 0.995. The molecule has 1 aromatic heterocycles. The Morgan fingerprint density at radius 1 is 1.03 bits per heavy atom. The maximum atomic E-state index is 12.5. The average Bonchev–Trinajstić information content (AvgIpc) is 2.66. The first-order chi connectivity index (χ1) is 13.6. The average molecular weight is 395 g/mol. The van der Waals surface area contributed by atoms with Gasteiger partial charge in [0.15, 0.2) is 0 Å². The molecule has 0 fully saturated rings. The van der Waals surface area contributed by atoms with Gasteiger partial charge < -0.3 is 14.3 Å². The van der Waals surface area contributed by atoms with Gasteiger partial charge >= 0.3 is 5.63 Å². The van der Waals surface area contributed by atoms with Crippen molar-refractivity contribution in [1.29, 1.82) is 0 Å². The molecule has 0 radical (unpaired) electrons. The highest BCUT2D eigenvalue weighted by Gasteiger charge is 2.35. The van der Waals surface area contributed by atoms with Crippen molar-refractivity contribution < 1.29 is 14.3 Å². The monoisotopic (exact) mass is 394 g/mol. The van der Waals surface area contributed by atoms with Gasteiger partial charge in [-0.05, 0) is 55.9 Å². The Kier molecular flexibility index (Phi) is 5.85. The summed E-state index contributed by atoms with van der Waals surface area (Å²) in [5, 5.41) is 11.1. The number of ether oxygens (including phenoxy) is 1. The van der Waals surface area contributed by atoms with E-state index in [1.54, 1.807) is 6.07 Å². The summed E-state index contributed by atoms with van der Waals surface area (Å²) in [5.74, 6) is 0.639. The van der Waals surface area contributed by atoms with Crippen LogP contribution in [0.4, 0.5) is 0 Å². The van der Waals surface area contributed by atoms with Gasteiger partial charge in [-0.15, -0.1) is 0 Å². The molecule has 1 atom stereocenters. The number of rotatable bonds is 7. The molecule has 1 N–H and O–H groups in total. The number of benzene rings is 2. The van der Waals surface area contributed by atoms with Crippen molar-refractivity contribution in [2.75, 3.05) is 0 Å². The molecule has 0 bridgehead atoms. The lowest BCUT2D eigenvalue weighted by atomic mass is 9.76. The van der Waals surface area contributed by atoms with Crippen molar-refractivity contribution in [3.05, 3.63) is 65.0 Å². The van der Waals surface area contributed by atoms with Crippen LogP contribution in [-0.2, 0) is 0 Å². The van der Waals surface area contributed by atoms with Crippen LogP contribution >= 0.6 is 0 Å². The fraction of sp³-hybridized carbons (Fsp3) is 0.400. The zero-order valence-electron chi connectivity index (χ0n) is 17.9. The summed E-state index contributed by atoms with van der Waals surface area (Å²) < 4.78 is 11.8. The predicted molar refractivity (Wildman–Crippen MR) is 117 cm³/mol. The van der Waals surface area contributed by atoms with Gasteiger partial charge in [0.1, 0.15) is 16.9 Å². The largest absolute Gasteiger partial charge is 0.488 e. The van der Waals surface area contributed by atoms with Crippen LogP contribution in [0.3, 0.4) is 0 Å². The third kappa shape index (κ3) is 4.88. The molecule has 0 saturated heterocycles. The summed E-state index contributed by atoms with van der Waals surface area (Å²) in [6.45, 7) is 10.1. The standard InChI is InChI=1S/C25H30O4/c1-6-22(26)24(2,3)16-25(4,5)29-19-13-12-18-14-20(17-10-8-7-9-11-17)23(27)28-21(18)15-19/h7-15,22,26H,6,16H2,1-5H3. The van der Waals surface area contributed by atoms with Crippen LogP contribution in [0.25, 0.3) is 22.1 Å². The van der Waals surface area contributed by atoms with Crippen molar-refractivity contribution in [2.45, 2.75) is 59.2 Å². The Hall–Kier alpha value is -2.59. The number of hydrogen-bond donors (Lipinski definition) is 1. The second kappa shape index (κ2) is 8.03. The zero-order chi connectivity index (χ0) is 21.2. The highest BCUT2D eigenvalue weighted by molar-refractivity contribution is 5.82. The van der Waals surface area contributed by atoms with E-state index in [1.807, 2.05) is 69.3 Å². The first kappa shape index (κ1) is 21.1. The van der Waals surface area contributed by atoms with E-state index in [0.717, 1.165) is 10.9 Å². The lowest BCUT2D eigenvalue weighted by Gasteiger charge is -2.38. The van der Waals surface area contributed by atoms with E-state index >= 15 is 0 Å². The number of hydrogen-bond acceptors (Lipinski definition) is 4. The zero-order valence-corrected chi connectivity index (χ0v) is 17.9. The third-order valence-electron chi connectivity index (χ3n) is 5.36. The molecule has 0 aliphatic heterocycles. The van der Waals surface area contributed by atoms with E-state index in [-0.39, 0.29) is 11.0 Å². The molecule has 0 amide bonds. The number of aliphatic hydroxyl groups excluding tert-OH is 1. The van der Waals surface area contributed by atoms with E-state index < -0.39 is 11.7 Å². The van der Waals surface area contributed by atoms with Gasteiger partial charge in [0.2, 0.25) is 0 Å². The molecule has 0 saturated carbocycles. The summed E-state index contributed by atoms with van der Waals surface area (Å²) in [7, 11) is 0. The van der Waals surface area contributed by atoms with Crippen molar-refractivity contribution in [3.63, 3.8) is 0 Å². The van der Waals surface area contributed by atoms with Gasteiger partial charge in [-0.25, -0.2) is 4.79 Å². The van der Waals surface area contributed by atoms with Crippen molar-refractivity contribution >= 4 is 11.0 Å². The van der Waals surface area contributed by atoms with Crippen LogP contribution in [0.1, 0.15) is 47.5 Å². The third-order valence-corrected chi connectivity index (χ3v) is 5.36. The molecule has 2 aromatic carbocycles. The lowest BCUT2D eigenvalue weighted by Crippen LogP contribution is -2.40. The van der Waals surface area contributed by atoms with Crippen molar-refractivity contribution in [1.82, 2.24) is 0 Å². The molecule has 1 heterocycles. The molecule has 0 spiro atoms. The Morgan fingerprint density at radius 2 is 1.72 bits per heavy atom. The minimum atomic E-state index is -0.488. The Morgan fingerprint density at radius 3 is 2.38 bits per heavy atom. The van der Waals surface area contributed by atoms with Crippen LogP contribution in [0.15, 0.2) is 63.8 Å². The molecule has 4 nitrogen and oxygen atoms in total. The minimum absolute atomic E-state index is 0.272. The van der Waals surface area contributed by atoms with Crippen LogP contribution in [0.5, 0.6) is 5.75 Å². The van der Waals surface area contributed by atoms with Crippen LogP contribution < -0.4 is 10.4 Å². The fourth-order valence-corrected chi connectivity index (χ4v) is 4.10. The summed E-state index contributed by atoms with van der Waals surface area (Å²) >= 11 is 0. The van der Waals surface area contributed by atoms with Crippen molar-refractivity contribution in [2.24, 2.45) is 5.41 Å². The van der Waals surface area contributed by atoms with E-state index in [4.69, 9.17) is 9.15 Å². The highest BCUT2D eigenvalue weighted by atomic mass is 16.5. The van der Waals surface area contributed by atoms with E-state index in [1.165, 1.54) is 0 Å². The lowest BCUT2D eigenvalue weighted by molar-refractivity contribution is -0.0165. The molecule has 0 aliphatic carbocycles. The predicted octanol–water partition coefficient (Wildman–Crippen LogP) is 5.80. The SMILES string of the molecule is CCC(O)C(C)(C)CC(C)(C)Oc1ccc2cc(-c3ccccc3)c(=O)oc2c1. The van der Waals surface area contributed by atoms with Gasteiger partial charge in [-0.1, -0.05) is 51.1 Å². The normalized spacial score (nSPS) is 13.4. The van der Waals surface area contributed by atoms with Crippen LogP contribution in [0.2, 0.25) is 0 Å². The van der Waals surface area contributed by atoms with Crippen molar-refractivity contribution in [3.8, 4) is 16.9 Å². The Labute approximate surface area is 172 Å². The van der Waals surface area contributed by atoms with Gasteiger partial charge in [0, 0.05) is 11.5 Å². The van der Waals surface area contributed by atoms with E-state index in [2.05, 4.69) is 13.8 Å². The molecule has 29 heavy (non-hydrogen) atoms. The summed E-state index contributed by atoms with van der Waals surface area (Å²) in [6, 6.07) is 16.9. The second-order valence-electron chi connectivity index (χ2n) is 8.96. The molecule has 154 valence electrons. The van der Waals surface area contributed by atoms with Gasteiger partial charge in [0.05, 0.1) is 11.7 Å². The van der Waals surface area contributed by atoms with E-state index in [0.29, 0.717) is 29.7 Å². The van der Waals surface area contributed by atoms with Gasteiger partial charge in [0.25, 0.3) is 0 Å². The molecule has 3 rings (SSSR count). The van der Waals surface area contributed by atoms with Gasteiger partial charge in [-0.3, -0.25) is 0 Å². The molecule has 1 unspecified atom stereocenters. The smallest absolute Gasteiger partial charge is 0.344 e. The molecule has 0 aliphatic rings. The number of fused-ring (bicyclic) bond motifs is 1. The number of aliphatic hydroxyl groups is 1.